The Balaban J connectivity index is 2.59. The lowest BCUT2D eigenvalue weighted by atomic mass is 10.3. The third kappa shape index (κ3) is 5.56. The Bertz CT molecular complexity index is 458. The van der Waals surface area contributed by atoms with E-state index in [0.29, 0.717) is 25.6 Å². The fraction of sp³-hybridized carbons (Fsp3) is 0.500. The van der Waals surface area contributed by atoms with Gasteiger partial charge in [0, 0.05) is 20.8 Å². The molecule has 0 fully saturated rings. The van der Waals surface area contributed by atoms with Crippen molar-refractivity contribution in [2.45, 2.75) is 4.90 Å². The molecule has 0 bridgehead atoms. The molecule has 0 spiro atoms. The lowest BCUT2D eigenvalue weighted by Crippen LogP contribution is -2.27. The molecule has 0 aliphatic rings. The van der Waals surface area contributed by atoms with E-state index >= 15 is 0 Å². The van der Waals surface area contributed by atoms with Crippen LogP contribution in [-0.2, 0) is 19.5 Å². The molecule has 0 aliphatic heterocycles. The Kier molecular flexibility index (Phi) is 6.79. The van der Waals surface area contributed by atoms with Gasteiger partial charge in [0.25, 0.3) is 0 Å². The van der Waals surface area contributed by atoms with Crippen LogP contribution in [0.5, 0.6) is 5.75 Å². The van der Waals surface area contributed by atoms with Crippen LogP contribution in [0.15, 0.2) is 29.2 Å². The quantitative estimate of drug-likeness (QED) is 0.675. The Hall–Kier alpha value is -1.15. The third-order valence-corrected chi connectivity index (χ3v) is 3.77. The predicted molar refractivity (Wildman–Crippen MR) is 70.9 cm³/mol. The number of benzene rings is 1. The van der Waals surface area contributed by atoms with E-state index in [2.05, 4.69) is 4.72 Å². The minimum atomic E-state index is -3.48. The molecule has 1 rings (SSSR count). The maximum absolute atomic E-state index is 11.9. The van der Waals surface area contributed by atoms with Crippen LogP contribution >= 0.6 is 0 Å². The van der Waals surface area contributed by atoms with Crippen LogP contribution in [0.25, 0.3) is 0 Å². The lowest BCUT2D eigenvalue weighted by molar-refractivity contribution is 0.146. The molecule has 0 aromatic heterocycles. The van der Waals surface area contributed by atoms with E-state index in [-0.39, 0.29) is 11.4 Å². The molecule has 0 radical (unpaired) electrons. The average molecular weight is 289 g/mol. The van der Waals surface area contributed by atoms with Crippen LogP contribution in [-0.4, -0.2) is 49.0 Å². The van der Waals surface area contributed by atoms with E-state index in [1.807, 2.05) is 0 Å². The highest BCUT2D eigenvalue weighted by Gasteiger charge is 2.12. The summed E-state index contributed by atoms with van der Waals surface area (Å²) >= 11 is 0. The van der Waals surface area contributed by atoms with Gasteiger partial charge in [0.2, 0.25) is 10.0 Å². The molecule has 0 heterocycles. The van der Waals surface area contributed by atoms with E-state index in [9.17, 15) is 8.42 Å². The Morgan fingerprint density at radius 1 is 1.00 bits per heavy atom. The second kappa shape index (κ2) is 8.11. The smallest absolute Gasteiger partial charge is 0.240 e. The number of hydrogen-bond donors (Lipinski definition) is 1. The lowest BCUT2D eigenvalue weighted by Gasteiger charge is -2.08. The number of hydrogen-bond acceptors (Lipinski definition) is 5. The summed E-state index contributed by atoms with van der Waals surface area (Å²) in [5.74, 6) is 0.605. The molecule has 0 amide bonds. The van der Waals surface area contributed by atoms with Crippen molar-refractivity contribution in [2.24, 2.45) is 0 Å². The summed E-state index contributed by atoms with van der Waals surface area (Å²) in [6, 6.07) is 6.22. The predicted octanol–water partition coefficient (Wildman–Crippen LogP) is 0.636. The topological polar surface area (TPSA) is 73.9 Å². The van der Waals surface area contributed by atoms with Crippen molar-refractivity contribution in [1.82, 2.24) is 4.72 Å². The molecule has 0 saturated carbocycles. The summed E-state index contributed by atoms with van der Waals surface area (Å²) in [7, 11) is -0.382. The molecule has 0 atom stereocenters. The molecule has 19 heavy (non-hydrogen) atoms. The van der Waals surface area contributed by atoms with Crippen molar-refractivity contribution >= 4 is 10.0 Å². The fourth-order valence-corrected chi connectivity index (χ4v) is 2.33. The first-order valence-electron chi connectivity index (χ1n) is 5.80. The second-order valence-corrected chi connectivity index (χ2v) is 5.47. The molecule has 108 valence electrons. The van der Waals surface area contributed by atoms with Gasteiger partial charge in [-0.15, -0.1) is 0 Å². The van der Waals surface area contributed by atoms with Crippen LogP contribution in [0.4, 0.5) is 0 Å². The molecule has 1 N–H and O–H groups in total. The van der Waals surface area contributed by atoms with E-state index in [1.54, 1.807) is 19.2 Å². The van der Waals surface area contributed by atoms with Gasteiger partial charge >= 0.3 is 0 Å². The normalized spacial score (nSPS) is 11.5. The van der Waals surface area contributed by atoms with E-state index in [4.69, 9.17) is 14.2 Å². The van der Waals surface area contributed by atoms with Crippen molar-refractivity contribution in [3.8, 4) is 5.75 Å². The van der Waals surface area contributed by atoms with Gasteiger partial charge in [-0.1, -0.05) is 0 Å². The van der Waals surface area contributed by atoms with Crippen molar-refractivity contribution in [3.63, 3.8) is 0 Å². The number of nitrogens with one attached hydrogen (secondary N) is 1. The van der Waals surface area contributed by atoms with Gasteiger partial charge < -0.3 is 14.2 Å². The van der Waals surface area contributed by atoms with Gasteiger partial charge in [-0.05, 0) is 24.3 Å². The van der Waals surface area contributed by atoms with Crippen molar-refractivity contribution in [1.29, 1.82) is 0 Å². The Morgan fingerprint density at radius 2 is 1.63 bits per heavy atom. The number of rotatable bonds is 9. The first kappa shape index (κ1) is 15.9. The number of methoxy groups -OCH3 is 2. The van der Waals surface area contributed by atoms with E-state index < -0.39 is 10.0 Å². The number of sulfonamides is 1. The standard InChI is InChI=1S/C12H19NO5S/c1-16-8-7-13-19(14,15)12-5-3-11(4-6-12)18-10-9-17-2/h3-6,13H,7-10H2,1-2H3. The van der Waals surface area contributed by atoms with E-state index in [1.165, 1.54) is 19.2 Å². The summed E-state index contributed by atoms with van der Waals surface area (Å²) in [5.41, 5.74) is 0. The molecule has 0 aliphatic carbocycles. The molecule has 0 saturated heterocycles. The van der Waals surface area contributed by atoms with Crippen molar-refractivity contribution in [2.75, 3.05) is 40.6 Å². The van der Waals surface area contributed by atoms with Gasteiger partial charge in [0.05, 0.1) is 18.1 Å². The zero-order valence-electron chi connectivity index (χ0n) is 11.1. The van der Waals surface area contributed by atoms with Gasteiger partial charge in [-0.25, -0.2) is 13.1 Å². The maximum Gasteiger partial charge on any atom is 0.240 e. The fourth-order valence-electron chi connectivity index (χ4n) is 1.32. The summed E-state index contributed by atoms with van der Waals surface area (Å²) in [6.07, 6.45) is 0. The van der Waals surface area contributed by atoms with Crippen LogP contribution in [0.3, 0.4) is 0 Å². The monoisotopic (exact) mass is 289 g/mol. The summed E-state index contributed by atoms with van der Waals surface area (Å²) in [6.45, 7) is 1.48. The Labute approximate surface area is 113 Å². The van der Waals surface area contributed by atoms with Gasteiger partial charge in [0.15, 0.2) is 0 Å². The van der Waals surface area contributed by atoms with Crippen LogP contribution < -0.4 is 9.46 Å². The van der Waals surface area contributed by atoms with Gasteiger partial charge in [-0.3, -0.25) is 0 Å². The summed E-state index contributed by atoms with van der Waals surface area (Å²) < 4.78 is 41.1. The molecule has 6 nitrogen and oxygen atoms in total. The highest BCUT2D eigenvalue weighted by Crippen LogP contribution is 2.15. The zero-order valence-corrected chi connectivity index (χ0v) is 11.9. The van der Waals surface area contributed by atoms with Gasteiger partial charge in [0.1, 0.15) is 12.4 Å². The first-order chi connectivity index (χ1) is 9.10. The molecular formula is C12H19NO5S. The largest absolute Gasteiger partial charge is 0.491 e. The maximum atomic E-state index is 11.9. The minimum Gasteiger partial charge on any atom is -0.491 e. The first-order valence-corrected chi connectivity index (χ1v) is 7.29. The molecule has 1 aromatic carbocycles. The van der Waals surface area contributed by atoms with E-state index in [0.717, 1.165) is 0 Å². The molecular weight excluding hydrogens is 270 g/mol. The van der Waals surface area contributed by atoms with Crippen LogP contribution in [0, 0.1) is 0 Å². The second-order valence-electron chi connectivity index (χ2n) is 3.70. The van der Waals surface area contributed by atoms with Crippen molar-refractivity contribution in [3.05, 3.63) is 24.3 Å². The molecule has 1 aromatic rings. The summed E-state index contributed by atoms with van der Waals surface area (Å²) in [5, 5.41) is 0. The minimum absolute atomic E-state index is 0.197. The number of ether oxygens (including phenoxy) is 3. The van der Waals surface area contributed by atoms with Gasteiger partial charge in [-0.2, -0.15) is 0 Å². The molecule has 0 unspecified atom stereocenters. The zero-order chi connectivity index (χ0) is 14.1. The molecule has 7 heteroatoms. The summed E-state index contributed by atoms with van der Waals surface area (Å²) in [4.78, 5) is 0.197. The third-order valence-electron chi connectivity index (χ3n) is 2.29. The SMILES string of the molecule is COCCNS(=O)(=O)c1ccc(OCCOC)cc1. The van der Waals surface area contributed by atoms with Crippen LogP contribution in [0.2, 0.25) is 0 Å². The average Bonchev–Trinajstić information content (AvgIpc) is 2.40. The highest BCUT2D eigenvalue weighted by molar-refractivity contribution is 7.89. The van der Waals surface area contributed by atoms with Crippen molar-refractivity contribution < 1.29 is 22.6 Å². The van der Waals surface area contributed by atoms with Crippen LogP contribution in [0.1, 0.15) is 0 Å². The Morgan fingerprint density at radius 3 is 2.21 bits per heavy atom. The highest BCUT2D eigenvalue weighted by atomic mass is 32.2.